The minimum Gasteiger partial charge on any atom is -0.376 e. The minimum atomic E-state index is -0.154. The van der Waals surface area contributed by atoms with Gasteiger partial charge in [-0.15, -0.1) is 24.0 Å². The van der Waals surface area contributed by atoms with E-state index in [1.165, 1.54) is 18.9 Å². The van der Waals surface area contributed by atoms with E-state index < -0.39 is 0 Å². The Morgan fingerprint density at radius 1 is 1.27 bits per heavy atom. The molecule has 2 saturated heterocycles. The fourth-order valence-electron chi connectivity index (χ4n) is 4.53. The lowest BCUT2D eigenvalue weighted by Gasteiger charge is -2.35. The number of hydrogen-bond donors (Lipinski definition) is 1. The maximum Gasteiger partial charge on any atom is 0.193 e. The van der Waals surface area contributed by atoms with Crippen LogP contribution in [-0.4, -0.2) is 63.0 Å². The van der Waals surface area contributed by atoms with Gasteiger partial charge in [0.25, 0.3) is 0 Å². The molecular weight excluding hydrogens is 496 g/mol. The number of likely N-dealkylation sites (tertiary alicyclic amines) is 1. The molecule has 1 aliphatic carbocycles. The Kier molecular flexibility index (Phi) is 8.77. The number of benzene rings is 1. The van der Waals surface area contributed by atoms with Crippen molar-refractivity contribution in [2.75, 3.05) is 39.9 Å². The summed E-state index contributed by atoms with van der Waals surface area (Å²) in [7, 11) is 1.84. The monoisotopic (exact) mass is 531 g/mol. The molecule has 2 aliphatic heterocycles. The third-order valence-corrected chi connectivity index (χ3v) is 6.62. The molecule has 1 aromatic carbocycles. The van der Waals surface area contributed by atoms with E-state index in [0.29, 0.717) is 6.10 Å². The number of hydrogen-bond acceptors (Lipinski definition) is 3. The summed E-state index contributed by atoms with van der Waals surface area (Å²) in [4.78, 5) is 6.81. The highest BCUT2D eigenvalue weighted by atomic mass is 127. The topological polar surface area (TPSA) is 46.1 Å². The van der Waals surface area contributed by atoms with Gasteiger partial charge in [-0.2, -0.15) is 0 Å². The summed E-state index contributed by atoms with van der Waals surface area (Å²) in [6, 6.07) is 7.04. The minimum absolute atomic E-state index is 0. The van der Waals surface area contributed by atoms with Crippen LogP contribution in [0.2, 0.25) is 0 Å². The SMILES string of the molecule is CN=C(NCC1(c2cccc(F)c2)CC1)N1CCC(OCC2CCCCO2)CC1.I. The molecule has 5 nitrogen and oxygen atoms in total. The van der Waals surface area contributed by atoms with E-state index >= 15 is 0 Å². The molecule has 0 spiro atoms. The third-order valence-electron chi connectivity index (χ3n) is 6.62. The third kappa shape index (κ3) is 6.07. The van der Waals surface area contributed by atoms with Crippen LogP contribution in [0.3, 0.4) is 0 Å². The second-order valence-corrected chi connectivity index (χ2v) is 8.70. The molecule has 2 heterocycles. The van der Waals surface area contributed by atoms with E-state index in [2.05, 4.69) is 15.2 Å². The lowest BCUT2D eigenvalue weighted by molar-refractivity contribution is -0.0721. The molecule has 30 heavy (non-hydrogen) atoms. The fraction of sp³-hybridized carbons (Fsp3) is 0.696. The van der Waals surface area contributed by atoms with Gasteiger partial charge in [0.15, 0.2) is 5.96 Å². The molecule has 0 radical (unpaired) electrons. The number of nitrogens with one attached hydrogen (secondary N) is 1. The predicted molar refractivity (Wildman–Crippen MR) is 128 cm³/mol. The van der Waals surface area contributed by atoms with Gasteiger partial charge >= 0.3 is 0 Å². The molecule has 4 rings (SSSR count). The average molecular weight is 531 g/mol. The summed E-state index contributed by atoms with van der Waals surface area (Å²) in [6.45, 7) is 4.31. The van der Waals surface area contributed by atoms with Crippen molar-refractivity contribution < 1.29 is 13.9 Å². The molecule has 1 aromatic rings. The summed E-state index contributed by atoms with van der Waals surface area (Å²) < 4.78 is 25.5. The molecule has 168 valence electrons. The quantitative estimate of drug-likeness (QED) is 0.341. The Labute approximate surface area is 196 Å². The Morgan fingerprint density at radius 2 is 2.07 bits per heavy atom. The van der Waals surface area contributed by atoms with Crippen molar-refractivity contribution in [2.24, 2.45) is 4.99 Å². The van der Waals surface area contributed by atoms with Gasteiger partial charge in [-0.1, -0.05) is 12.1 Å². The van der Waals surface area contributed by atoms with Crippen LogP contribution in [0.25, 0.3) is 0 Å². The Balaban J connectivity index is 0.00000256. The number of halogens is 2. The molecule has 1 atom stereocenters. The zero-order valence-electron chi connectivity index (χ0n) is 17.9. The van der Waals surface area contributed by atoms with Crippen molar-refractivity contribution in [3.8, 4) is 0 Å². The Bertz CT molecular complexity index is 699. The average Bonchev–Trinajstić information content (AvgIpc) is 3.55. The van der Waals surface area contributed by atoms with Crippen LogP contribution in [0.5, 0.6) is 0 Å². The van der Waals surface area contributed by atoms with Crippen molar-refractivity contribution in [1.29, 1.82) is 0 Å². The lowest BCUT2D eigenvalue weighted by Crippen LogP contribution is -2.48. The van der Waals surface area contributed by atoms with E-state index in [9.17, 15) is 4.39 Å². The summed E-state index contributed by atoms with van der Waals surface area (Å²) in [6.07, 6.45) is 8.39. The van der Waals surface area contributed by atoms with Crippen molar-refractivity contribution in [3.63, 3.8) is 0 Å². The molecule has 0 aromatic heterocycles. The molecular formula is C23H35FIN3O2. The number of piperidine rings is 1. The zero-order chi connectivity index (χ0) is 20.1. The number of guanidine groups is 1. The Hall–Kier alpha value is -0.930. The lowest BCUT2D eigenvalue weighted by atomic mass is 9.96. The van der Waals surface area contributed by atoms with Crippen molar-refractivity contribution in [3.05, 3.63) is 35.6 Å². The summed E-state index contributed by atoms with van der Waals surface area (Å²) in [5.41, 5.74) is 1.15. The van der Waals surface area contributed by atoms with Crippen molar-refractivity contribution >= 4 is 29.9 Å². The van der Waals surface area contributed by atoms with Crippen LogP contribution in [-0.2, 0) is 14.9 Å². The molecule has 7 heteroatoms. The molecule has 0 amide bonds. The van der Waals surface area contributed by atoms with Gasteiger partial charge in [0.05, 0.1) is 18.8 Å². The summed E-state index contributed by atoms with van der Waals surface area (Å²) in [5, 5.41) is 3.55. The highest BCUT2D eigenvalue weighted by Gasteiger charge is 2.44. The van der Waals surface area contributed by atoms with Gasteiger partial charge in [0, 0.05) is 38.7 Å². The van der Waals surface area contributed by atoms with E-state index in [1.54, 1.807) is 6.07 Å². The molecule has 3 fully saturated rings. The normalized spacial score (nSPS) is 24.3. The van der Waals surface area contributed by atoms with E-state index in [1.807, 2.05) is 19.2 Å². The van der Waals surface area contributed by atoms with Gasteiger partial charge in [-0.25, -0.2) is 4.39 Å². The zero-order valence-corrected chi connectivity index (χ0v) is 20.3. The molecule has 1 unspecified atom stereocenters. The van der Waals surface area contributed by atoms with Crippen LogP contribution in [0.4, 0.5) is 4.39 Å². The number of rotatable bonds is 6. The highest BCUT2D eigenvalue weighted by molar-refractivity contribution is 14.0. The van der Waals surface area contributed by atoms with Gasteiger partial charge in [-0.05, 0) is 62.6 Å². The first-order chi connectivity index (χ1) is 14.2. The maximum atomic E-state index is 13.6. The van der Waals surface area contributed by atoms with E-state index in [4.69, 9.17) is 9.47 Å². The predicted octanol–water partition coefficient (Wildman–Crippen LogP) is 4.10. The summed E-state index contributed by atoms with van der Waals surface area (Å²) >= 11 is 0. The number of ether oxygens (including phenoxy) is 2. The number of aliphatic imine (C=N–C) groups is 1. The van der Waals surface area contributed by atoms with Crippen molar-refractivity contribution in [1.82, 2.24) is 10.2 Å². The van der Waals surface area contributed by atoms with Gasteiger partial charge < -0.3 is 19.7 Å². The molecule has 3 aliphatic rings. The summed E-state index contributed by atoms with van der Waals surface area (Å²) in [5.74, 6) is 0.792. The van der Waals surface area contributed by atoms with Gasteiger partial charge in [-0.3, -0.25) is 4.99 Å². The Morgan fingerprint density at radius 3 is 2.70 bits per heavy atom. The first-order valence-corrected chi connectivity index (χ1v) is 11.1. The van der Waals surface area contributed by atoms with Crippen LogP contribution >= 0.6 is 24.0 Å². The van der Waals surface area contributed by atoms with Gasteiger partial charge in [0.1, 0.15) is 5.82 Å². The van der Waals surface area contributed by atoms with Crippen LogP contribution in [0.15, 0.2) is 29.3 Å². The molecule has 1 saturated carbocycles. The van der Waals surface area contributed by atoms with Crippen LogP contribution in [0, 0.1) is 5.82 Å². The first kappa shape index (κ1) is 23.7. The largest absolute Gasteiger partial charge is 0.376 e. The smallest absolute Gasteiger partial charge is 0.193 e. The van der Waals surface area contributed by atoms with Crippen LogP contribution in [0.1, 0.15) is 50.5 Å². The van der Waals surface area contributed by atoms with Crippen LogP contribution < -0.4 is 5.32 Å². The maximum absolute atomic E-state index is 13.6. The van der Waals surface area contributed by atoms with E-state index in [0.717, 1.165) is 76.5 Å². The molecule has 1 N–H and O–H groups in total. The first-order valence-electron chi connectivity index (χ1n) is 11.1. The van der Waals surface area contributed by atoms with E-state index in [-0.39, 0.29) is 41.3 Å². The second kappa shape index (κ2) is 11.1. The van der Waals surface area contributed by atoms with Crippen molar-refractivity contribution in [2.45, 2.75) is 62.6 Å². The molecule has 0 bridgehead atoms. The van der Waals surface area contributed by atoms with Gasteiger partial charge in [0.2, 0.25) is 0 Å². The fourth-order valence-corrected chi connectivity index (χ4v) is 4.53. The second-order valence-electron chi connectivity index (χ2n) is 8.70. The standard InChI is InChI=1S/C23H34FN3O2.HI/c1-25-22(26-17-23(10-11-23)18-5-4-6-19(24)15-18)27-12-8-20(9-13-27)29-16-21-7-2-3-14-28-21;/h4-6,15,20-21H,2-3,7-14,16-17H2,1H3,(H,25,26);1H. The highest BCUT2D eigenvalue weighted by Crippen LogP contribution is 2.47. The number of nitrogens with zero attached hydrogens (tertiary/aromatic N) is 2.